The van der Waals surface area contributed by atoms with Gasteiger partial charge in [0.15, 0.2) is 0 Å². The number of carbonyl (C=O) groups excluding carboxylic acids is 1. The van der Waals surface area contributed by atoms with Crippen LogP contribution in [0.15, 0.2) is 59.3 Å². The number of aromatic nitrogens is 2. The Morgan fingerprint density at radius 2 is 2.00 bits per heavy atom. The molecule has 3 aromatic rings. The minimum atomic E-state index is -0.148. The standard InChI is InChI=1S/C18H17N3O3/c1-23-16-8-3-2-6-13(16)9-10-17(22)20-18-12-15(21-24-18)14-7-4-5-11-19-14/h2-8,11-12H,9-10H2,1H3,(H,20,22). The Kier molecular flexibility index (Phi) is 4.86. The molecule has 0 aliphatic heterocycles. The summed E-state index contributed by atoms with van der Waals surface area (Å²) in [5, 5.41) is 6.62. The first-order valence-electron chi connectivity index (χ1n) is 7.56. The van der Waals surface area contributed by atoms with Crippen LogP contribution in [0.2, 0.25) is 0 Å². The molecule has 2 aromatic heterocycles. The predicted octanol–water partition coefficient (Wildman–Crippen LogP) is 3.32. The van der Waals surface area contributed by atoms with Crippen molar-refractivity contribution in [1.29, 1.82) is 0 Å². The Balaban J connectivity index is 1.58. The summed E-state index contributed by atoms with van der Waals surface area (Å²) < 4.78 is 10.4. The van der Waals surface area contributed by atoms with E-state index < -0.39 is 0 Å². The number of nitrogens with zero attached hydrogens (tertiary/aromatic N) is 2. The third-order valence-electron chi connectivity index (χ3n) is 3.51. The number of pyridine rings is 1. The van der Waals surface area contributed by atoms with Crippen molar-refractivity contribution in [3.05, 3.63) is 60.3 Å². The molecule has 6 nitrogen and oxygen atoms in total. The second-order valence-electron chi connectivity index (χ2n) is 5.15. The molecule has 0 bridgehead atoms. The Morgan fingerprint density at radius 3 is 2.79 bits per heavy atom. The molecule has 0 spiro atoms. The first-order valence-corrected chi connectivity index (χ1v) is 7.56. The van der Waals surface area contributed by atoms with E-state index in [2.05, 4.69) is 15.5 Å². The summed E-state index contributed by atoms with van der Waals surface area (Å²) in [6.07, 6.45) is 2.58. The molecular formula is C18H17N3O3. The van der Waals surface area contributed by atoms with E-state index in [-0.39, 0.29) is 5.91 Å². The zero-order valence-electron chi connectivity index (χ0n) is 13.2. The smallest absolute Gasteiger partial charge is 0.231 e. The number of carbonyl (C=O) groups is 1. The Hall–Kier alpha value is -3.15. The van der Waals surface area contributed by atoms with Crippen molar-refractivity contribution >= 4 is 11.8 Å². The van der Waals surface area contributed by atoms with Gasteiger partial charge in [0, 0.05) is 18.7 Å². The van der Waals surface area contributed by atoms with Crippen molar-refractivity contribution < 1.29 is 14.1 Å². The van der Waals surface area contributed by atoms with Crippen LogP contribution in [-0.4, -0.2) is 23.2 Å². The molecule has 1 amide bonds. The van der Waals surface area contributed by atoms with Crippen LogP contribution in [0.25, 0.3) is 11.4 Å². The number of methoxy groups -OCH3 is 1. The van der Waals surface area contributed by atoms with Crippen molar-refractivity contribution in [2.75, 3.05) is 12.4 Å². The van der Waals surface area contributed by atoms with Gasteiger partial charge in [-0.05, 0) is 30.2 Å². The maximum absolute atomic E-state index is 12.1. The van der Waals surface area contributed by atoms with Crippen molar-refractivity contribution in [2.45, 2.75) is 12.8 Å². The van der Waals surface area contributed by atoms with Gasteiger partial charge in [0.05, 0.1) is 12.8 Å². The molecule has 0 saturated heterocycles. The van der Waals surface area contributed by atoms with Gasteiger partial charge in [0.1, 0.15) is 11.4 Å². The summed E-state index contributed by atoms with van der Waals surface area (Å²) in [6, 6.07) is 14.8. The molecule has 0 unspecified atom stereocenters. The number of ether oxygens (including phenoxy) is 1. The number of hydrogen-bond acceptors (Lipinski definition) is 5. The average molecular weight is 323 g/mol. The maximum atomic E-state index is 12.1. The third kappa shape index (κ3) is 3.78. The van der Waals surface area contributed by atoms with Gasteiger partial charge in [0.25, 0.3) is 0 Å². The average Bonchev–Trinajstić information content (AvgIpc) is 3.09. The van der Waals surface area contributed by atoms with E-state index >= 15 is 0 Å². The molecule has 0 fully saturated rings. The Labute approximate surface area is 139 Å². The van der Waals surface area contributed by atoms with E-state index in [0.29, 0.717) is 30.1 Å². The van der Waals surface area contributed by atoms with Gasteiger partial charge in [-0.3, -0.25) is 15.1 Å². The summed E-state index contributed by atoms with van der Waals surface area (Å²) in [7, 11) is 1.62. The number of benzene rings is 1. The number of aryl methyl sites for hydroxylation is 1. The van der Waals surface area contributed by atoms with E-state index in [0.717, 1.165) is 11.3 Å². The van der Waals surface area contributed by atoms with Crippen molar-refractivity contribution in [2.24, 2.45) is 0 Å². The molecule has 2 heterocycles. The molecule has 1 aromatic carbocycles. The molecule has 0 aliphatic carbocycles. The van der Waals surface area contributed by atoms with Crippen LogP contribution in [0, 0.1) is 0 Å². The lowest BCUT2D eigenvalue weighted by Gasteiger charge is -2.07. The van der Waals surface area contributed by atoms with Crippen molar-refractivity contribution in [1.82, 2.24) is 10.1 Å². The van der Waals surface area contributed by atoms with Gasteiger partial charge in [-0.25, -0.2) is 0 Å². The molecule has 122 valence electrons. The molecule has 0 saturated carbocycles. The summed E-state index contributed by atoms with van der Waals surface area (Å²) in [5.41, 5.74) is 2.26. The van der Waals surface area contributed by atoms with Crippen LogP contribution in [0.1, 0.15) is 12.0 Å². The fourth-order valence-corrected chi connectivity index (χ4v) is 2.33. The summed E-state index contributed by atoms with van der Waals surface area (Å²) in [5.74, 6) is 0.938. The largest absolute Gasteiger partial charge is 0.496 e. The molecule has 3 rings (SSSR count). The van der Waals surface area contributed by atoms with E-state index in [4.69, 9.17) is 9.26 Å². The molecule has 1 N–H and O–H groups in total. The minimum absolute atomic E-state index is 0.148. The Bertz CT molecular complexity index is 815. The molecule has 0 atom stereocenters. The lowest BCUT2D eigenvalue weighted by molar-refractivity contribution is -0.116. The topological polar surface area (TPSA) is 77.2 Å². The van der Waals surface area contributed by atoms with Crippen LogP contribution >= 0.6 is 0 Å². The fourth-order valence-electron chi connectivity index (χ4n) is 2.33. The SMILES string of the molecule is COc1ccccc1CCC(=O)Nc1cc(-c2ccccn2)no1. The monoisotopic (exact) mass is 323 g/mol. The second kappa shape index (κ2) is 7.41. The van der Waals surface area contributed by atoms with Crippen LogP contribution in [-0.2, 0) is 11.2 Å². The van der Waals surface area contributed by atoms with Crippen LogP contribution in [0.3, 0.4) is 0 Å². The van der Waals surface area contributed by atoms with E-state index in [1.54, 1.807) is 19.4 Å². The highest BCUT2D eigenvalue weighted by Gasteiger charge is 2.11. The quantitative estimate of drug-likeness (QED) is 0.753. The minimum Gasteiger partial charge on any atom is -0.496 e. The van der Waals surface area contributed by atoms with Gasteiger partial charge in [-0.2, -0.15) is 0 Å². The third-order valence-corrected chi connectivity index (χ3v) is 3.51. The lowest BCUT2D eigenvalue weighted by atomic mass is 10.1. The van der Waals surface area contributed by atoms with Crippen molar-refractivity contribution in [3.8, 4) is 17.1 Å². The molecule has 24 heavy (non-hydrogen) atoms. The van der Waals surface area contributed by atoms with Gasteiger partial charge >= 0.3 is 0 Å². The first-order chi connectivity index (χ1) is 11.8. The van der Waals surface area contributed by atoms with Crippen LogP contribution in [0.4, 0.5) is 5.88 Å². The first kappa shape index (κ1) is 15.7. The number of amides is 1. The normalized spacial score (nSPS) is 10.4. The molecular weight excluding hydrogens is 306 g/mol. The highest BCUT2D eigenvalue weighted by atomic mass is 16.5. The van der Waals surface area contributed by atoms with Crippen molar-refractivity contribution in [3.63, 3.8) is 0 Å². The van der Waals surface area contributed by atoms with E-state index in [1.807, 2.05) is 42.5 Å². The summed E-state index contributed by atoms with van der Waals surface area (Å²) >= 11 is 0. The number of para-hydroxylation sites is 1. The number of hydrogen-bond donors (Lipinski definition) is 1. The van der Waals surface area contributed by atoms with Gasteiger partial charge in [0.2, 0.25) is 11.8 Å². The number of anilines is 1. The van der Waals surface area contributed by atoms with Crippen LogP contribution in [0.5, 0.6) is 5.75 Å². The number of rotatable bonds is 6. The molecule has 0 aliphatic rings. The van der Waals surface area contributed by atoms with Crippen LogP contribution < -0.4 is 10.1 Å². The summed E-state index contributed by atoms with van der Waals surface area (Å²) in [6.45, 7) is 0. The molecule has 0 radical (unpaired) electrons. The zero-order valence-corrected chi connectivity index (χ0v) is 13.2. The Morgan fingerprint density at radius 1 is 1.17 bits per heavy atom. The van der Waals surface area contributed by atoms with Gasteiger partial charge < -0.3 is 9.26 Å². The zero-order chi connectivity index (χ0) is 16.8. The number of nitrogens with one attached hydrogen (secondary N) is 1. The van der Waals surface area contributed by atoms with E-state index in [1.165, 1.54) is 0 Å². The molecule has 6 heteroatoms. The lowest BCUT2D eigenvalue weighted by Crippen LogP contribution is -2.12. The van der Waals surface area contributed by atoms with Gasteiger partial charge in [-0.15, -0.1) is 0 Å². The van der Waals surface area contributed by atoms with Gasteiger partial charge in [-0.1, -0.05) is 29.4 Å². The highest BCUT2D eigenvalue weighted by Crippen LogP contribution is 2.21. The second-order valence-corrected chi connectivity index (χ2v) is 5.15. The van der Waals surface area contributed by atoms with E-state index in [9.17, 15) is 4.79 Å². The predicted molar refractivity (Wildman–Crippen MR) is 89.7 cm³/mol. The summed E-state index contributed by atoms with van der Waals surface area (Å²) in [4.78, 5) is 16.3. The fraction of sp³-hybridized carbons (Fsp3) is 0.167. The maximum Gasteiger partial charge on any atom is 0.231 e. The highest BCUT2D eigenvalue weighted by molar-refractivity contribution is 5.89.